The molecule has 0 spiro atoms. The van der Waals surface area contributed by atoms with Crippen LogP contribution in [-0.2, 0) is 0 Å². The number of hydrogen-bond donors (Lipinski definition) is 1. The number of fused-ring (bicyclic) bond motifs is 2. The van der Waals surface area contributed by atoms with Gasteiger partial charge in [-0.15, -0.1) is 11.3 Å². The zero-order valence-corrected chi connectivity index (χ0v) is 22.7. The SMILES string of the molecule is O=C(N[C@H]1CC[C@H](CCN2CCN(c3nsc4ccccc34)CC2)CC1)c1sc2ccccc2c1Cl. The summed E-state index contributed by atoms with van der Waals surface area (Å²) in [5.41, 5.74) is 0. The van der Waals surface area contributed by atoms with Crippen LogP contribution in [0.1, 0.15) is 41.8 Å². The van der Waals surface area contributed by atoms with Crippen molar-refractivity contribution >= 4 is 66.4 Å². The van der Waals surface area contributed by atoms with Crippen LogP contribution in [0.3, 0.4) is 0 Å². The number of halogens is 1. The van der Waals surface area contributed by atoms with E-state index in [1.165, 1.54) is 47.2 Å². The second-order valence-corrected chi connectivity index (χ2v) is 12.3. The third-order valence-corrected chi connectivity index (χ3v) is 10.3. The van der Waals surface area contributed by atoms with Crippen molar-refractivity contribution in [1.29, 1.82) is 0 Å². The number of nitrogens with zero attached hydrogens (tertiary/aromatic N) is 3. The molecule has 2 aromatic heterocycles. The zero-order valence-electron chi connectivity index (χ0n) is 20.3. The second kappa shape index (κ2) is 10.7. The third-order valence-electron chi connectivity index (χ3n) is 7.81. The Hall–Kier alpha value is -2.19. The lowest BCUT2D eigenvalue weighted by Gasteiger charge is -2.36. The van der Waals surface area contributed by atoms with Crippen molar-refractivity contribution in [2.45, 2.75) is 38.1 Å². The molecule has 0 unspecified atom stereocenters. The first-order valence-corrected chi connectivity index (χ1v) is 14.9. The third kappa shape index (κ3) is 4.99. The number of piperazine rings is 1. The van der Waals surface area contributed by atoms with E-state index in [0.29, 0.717) is 9.90 Å². The van der Waals surface area contributed by atoms with Crippen LogP contribution < -0.4 is 10.2 Å². The van der Waals surface area contributed by atoms with Crippen LogP contribution in [0.4, 0.5) is 5.82 Å². The van der Waals surface area contributed by atoms with Crippen molar-refractivity contribution in [3.63, 3.8) is 0 Å². The molecule has 36 heavy (non-hydrogen) atoms. The molecule has 1 aliphatic heterocycles. The monoisotopic (exact) mass is 538 g/mol. The highest BCUT2D eigenvalue weighted by Gasteiger charge is 2.26. The summed E-state index contributed by atoms with van der Waals surface area (Å²) in [6, 6.07) is 16.8. The Morgan fingerprint density at radius 2 is 1.64 bits per heavy atom. The van der Waals surface area contributed by atoms with Crippen LogP contribution in [0.5, 0.6) is 0 Å². The number of rotatable bonds is 6. The molecule has 8 heteroatoms. The average Bonchev–Trinajstić information content (AvgIpc) is 3.50. The Morgan fingerprint density at radius 3 is 2.39 bits per heavy atom. The van der Waals surface area contributed by atoms with E-state index in [2.05, 4.69) is 39.4 Å². The number of nitrogens with one attached hydrogen (secondary N) is 1. The summed E-state index contributed by atoms with van der Waals surface area (Å²) in [7, 11) is 0. The zero-order chi connectivity index (χ0) is 24.5. The van der Waals surface area contributed by atoms with Crippen molar-refractivity contribution in [2.24, 2.45) is 5.92 Å². The minimum atomic E-state index is -0.0181. The molecule has 2 fully saturated rings. The number of carbonyl (C=O) groups excluding carboxylic acids is 1. The summed E-state index contributed by atoms with van der Waals surface area (Å²) in [6.07, 6.45) is 5.75. The lowest BCUT2D eigenvalue weighted by Crippen LogP contribution is -2.47. The number of thiophene rings is 1. The minimum absolute atomic E-state index is 0.0181. The largest absolute Gasteiger partial charge is 0.353 e. The fraction of sp³-hybridized carbons (Fsp3) is 0.429. The summed E-state index contributed by atoms with van der Waals surface area (Å²) in [5.74, 6) is 1.90. The summed E-state index contributed by atoms with van der Waals surface area (Å²) in [6.45, 7) is 5.48. The van der Waals surface area contributed by atoms with Crippen LogP contribution in [-0.4, -0.2) is 53.9 Å². The van der Waals surface area contributed by atoms with Gasteiger partial charge < -0.3 is 10.2 Å². The van der Waals surface area contributed by atoms with E-state index < -0.39 is 0 Å². The number of anilines is 1. The van der Waals surface area contributed by atoms with Crippen LogP contribution >= 0.6 is 34.5 Å². The second-order valence-electron chi connectivity index (χ2n) is 10.1. The molecule has 6 rings (SSSR count). The molecule has 1 saturated carbocycles. The first-order valence-electron chi connectivity index (χ1n) is 13.0. The molecule has 1 N–H and O–H groups in total. The quantitative estimate of drug-likeness (QED) is 0.298. The van der Waals surface area contributed by atoms with E-state index in [1.54, 1.807) is 11.5 Å². The van der Waals surface area contributed by atoms with Gasteiger partial charge in [0.25, 0.3) is 5.91 Å². The Labute approximate surface area is 225 Å². The van der Waals surface area contributed by atoms with Gasteiger partial charge in [-0.3, -0.25) is 9.69 Å². The number of aromatic nitrogens is 1. The van der Waals surface area contributed by atoms with E-state index in [4.69, 9.17) is 16.0 Å². The fourth-order valence-corrected chi connectivity index (χ4v) is 7.87. The van der Waals surface area contributed by atoms with Gasteiger partial charge in [0.2, 0.25) is 0 Å². The molecular weight excluding hydrogens is 508 g/mol. The minimum Gasteiger partial charge on any atom is -0.353 e. The highest BCUT2D eigenvalue weighted by atomic mass is 35.5. The van der Waals surface area contributed by atoms with Crippen LogP contribution in [0, 0.1) is 5.92 Å². The molecule has 0 radical (unpaired) electrons. The molecule has 4 aromatic rings. The molecule has 2 aliphatic rings. The van der Waals surface area contributed by atoms with Crippen LogP contribution in [0.2, 0.25) is 5.02 Å². The standard InChI is InChI=1S/C28H31ClN4OS2/c29-25-21-5-1-3-7-23(21)35-26(25)28(34)30-20-11-9-19(10-12-20)13-14-32-15-17-33(18-16-32)27-22-6-2-4-8-24(22)36-31-27/h1-8,19-20H,9-18H2,(H,30,34)/t19-,20-. The summed E-state index contributed by atoms with van der Waals surface area (Å²) in [5, 5.41) is 6.11. The summed E-state index contributed by atoms with van der Waals surface area (Å²) >= 11 is 9.60. The first kappa shape index (κ1) is 24.2. The van der Waals surface area contributed by atoms with Gasteiger partial charge in [-0.25, -0.2) is 0 Å². The molecule has 1 saturated heterocycles. The molecule has 1 aliphatic carbocycles. The normalized spacial score (nSPS) is 21.3. The number of carbonyl (C=O) groups is 1. The van der Waals surface area contributed by atoms with E-state index in [9.17, 15) is 4.79 Å². The molecule has 0 bridgehead atoms. The lowest BCUT2D eigenvalue weighted by atomic mass is 9.84. The molecule has 188 valence electrons. The predicted molar refractivity (Wildman–Crippen MR) is 153 cm³/mol. The van der Waals surface area contributed by atoms with Gasteiger partial charge in [-0.1, -0.05) is 41.9 Å². The Morgan fingerprint density at radius 1 is 0.944 bits per heavy atom. The van der Waals surface area contributed by atoms with Gasteiger partial charge >= 0.3 is 0 Å². The highest BCUT2D eigenvalue weighted by Crippen LogP contribution is 2.36. The molecule has 2 aromatic carbocycles. The number of amides is 1. The smallest absolute Gasteiger partial charge is 0.263 e. The maximum Gasteiger partial charge on any atom is 0.263 e. The Balaban J connectivity index is 0.942. The van der Waals surface area contributed by atoms with Gasteiger partial charge in [-0.2, -0.15) is 4.37 Å². The Bertz CT molecular complexity index is 1350. The van der Waals surface area contributed by atoms with Crippen LogP contribution in [0.25, 0.3) is 20.2 Å². The lowest BCUT2D eigenvalue weighted by molar-refractivity contribution is 0.0924. The maximum absolute atomic E-state index is 12.9. The van der Waals surface area contributed by atoms with Gasteiger partial charge in [0.1, 0.15) is 10.7 Å². The van der Waals surface area contributed by atoms with Crippen molar-refractivity contribution in [3.05, 3.63) is 58.4 Å². The molecule has 1 amide bonds. The molecule has 5 nitrogen and oxygen atoms in total. The first-order chi connectivity index (χ1) is 17.7. The van der Waals surface area contributed by atoms with Crippen molar-refractivity contribution in [1.82, 2.24) is 14.6 Å². The van der Waals surface area contributed by atoms with E-state index in [-0.39, 0.29) is 11.9 Å². The molecular formula is C28H31ClN4OS2. The van der Waals surface area contributed by atoms with Crippen molar-refractivity contribution in [3.8, 4) is 0 Å². The van der Waals surface area contributed by atoms with E-state index >= 15 is 0 Å². The number of hydrogen-bond acceptors (Lipinski definition) is 6. The van der Waals surface area contributed by atoms with Crippen molar-refractivity contribution < 1.29 is 4.79 Å². The number of benzene rings is 2. The molecule has 0 atom stereocenters. The van der Waals surface area contributed by atoms with Gasteiger partial charge in [0.15, 0.2) is 0 Å². The van der Waals surface area contributed by atoms with Gasteiger partial charge in [-0.05, 0) is 74.3 Å². The Kier molecular flexibility index (Phi) is 7.15. The van der Waals surface area contributed by atoms with Crippen molar-refractivity contribution in [2.75, 3.05) is 37.6 Å². The summed E-state index contributed by atoms with van der Waals surface area (Å²) in [4.78, 5) is 18.6. The van der Waals surface area contributed by atoms with E-state index in [0.717, 1.165) is 60.8 Å². The van der Waals surface area contributed by atoms with E-state index in [1.807, 2.05) is 24.3 Å². The fourth-order valence-electron chi connectivity index (χ4n) is 5.66. The molecule has 3 heterocycles. The average molecular weight is 539 g/mol. The van der Waals surface area contributed by atoms with Gasteiger partial charge in [0.05, 0.1) is 9.72 Å². The predicted octanol–water partition coefficient (Wildman–Crippen LogP) is 6.67. The van der Waals surface area contributed by atoms with Crippen LogP contribution in [0.15, 0.2) is 48.5 Å². The van der Waals surface area contributed by atoms with Gasteiger partial charge in [0, 0.05) is 47.7 Å². The highest BCUT2D eigenvalue weighted by molar-refractivity contribution is 7.21. The topological polar surface area (TPSA) is 48.5 Å². The maximum atomic E-state index is 12.9. The summed E-state index contributed by atoms with van der Waals surface area (Å²) < 4.78 is 7.08.